The normalized spacial score (nSPS) is 32.8. The van der Waals surface area contributed by atoms with Crippen LogP contribution in [0.5, 0.6) is 0 Å². The predicted octanol–water partition coefficient (Wildman–Crippen LogP) is -0.0336. The van der Waals surface area contributed by atoms with Crippen LogP contribution in [-0.4, -0.2) is 52.2 Å². The molecule has 1 amide bonds. The largest absolute Gasteiger partial charge is 0.480 e. The highest BCUT2D eigenvalue weighted by molar-refractivity contribution is 7.93. The standard InChI is InChI=1S/C13H17NO6S/c1-7(15)5-4-6-8-10(16)14-9(12(17)18)13(2,3)21(19,20)11(8)14/h4,6,8-9,11H,5H2,1-3H3,(H,17,18)/b6-4+/t8?,9-,11-/m0/s1. The molecule has 0 saturated carbocycles. The van der Waals surface area contributed by atoms with Crippen LogP contribution < -0.4 is 0 Å². The number of carboxylic acids is 1. The van der Waals surface area contributed by atoms with E-state index in [0.29, 0.717) is 0 Å². The molecular weight excluding hydrogens is 298 g/mol. The van der Waals surface area contributed by atoms with Crippen molar-refractivity contribution in [2.24, 2.45) is 5.92 Å². The summed E-state index contributed by atoms with van der Waals surface area (Å²) in [4.78, 5) is 35.2. The Bertz CT molecular complexity index is 648. The molecule has 0 aromatic carbocycles. The van der Waals surface area contributed by atoms with Crippen LogP contribution in [0.15, 0.2) is 12.2 Å². The summed E-state index contributed by atoms with van der Waals surface area (Å²) in [5.41, 5.74) is 0. The Morgan fingerprint density at radius 3 is 2.43 bits per heavy atom. The summed E-state index contributed by atoms with van der Waals surface area (Å²) in [5.74, 6) is -2.86. The van der Waals surface area contributed by atoms with Gasteiger partial charge in [0, 0.05) is 6.42 Å². The molecule has 3 atom stereocenters. The molecule has 0 aromatic heterocycles. The Kier molecular flexibility index (Phi) is 3.48. The van der Waals surface area contributed by atoms with E-state index in [-0.39, 0.29) is 12.2 Å². The fourth-order valence-corrected chi connectivity index (χ4v) is 5.17. The number of nitrogens with zero attached hydrogens (tertiary/aromatic N) is 1. The summed E-state index contributed by atoms with van der Waals surface area (Å²) >= 11 is 0. The van der Waals surface area contributed by atoms with E-state index in [1.807, 2.05) is 0 Å². The first-order valence-electron chi connectivity index (χ1n) is 6.48. The van der Waals surface area contributed by atoms with E-state index < -0.39 is 43.8 Å². The summed E-state index contributed by atoms with van der Waals surface area (Å²) in [7, 11) is -3.80. The van der Waals surface area contributed by atoms with Gasteiger partial charge in [-0.3, -0.25) is 9.59 Å². The van der Waals surface area contributed by atoms with Crippen molar-refractivity contribution < 1.29 is 27.9 Å². The highest BCUT2D eigenvalue weighted by Crippen LogP contribution is 2.48. The Morgan fingerprint density at radius 1 is 1.38 bits per heavy atom. The molecule has 2 aliphatic rings. The average molecular weight is 315 g/mol. The van der Waals surface area contributed by atoms with Gasteiger partial charge < -0.3 is 10.0 Å². The van der Waals surface area contributed by atoms with E-state index >= 15 is 0 Å². The quantitative estimate of drug-likeness (QED) is 0.576. The van der Waals surface area contributed by atoms with Crippen LogP contribution in [0.3, 0.4) is 0 Å². The lowest BCUT2D eigenvalue weighted by Crippen LogP contribution is -2.62. The number of carboxylic acid groups (broad SMARTS) is 1. The number of rotatable bonds is 4. The SMILES string of the molecule is CC(=O)C/C=C/C1C(=O)N2[C@@H](C(=O)O)C(C)(C)S(=O)(=O)[C@@H]12. The highest BCUT2D eigenvalue weighted by Gasteiger charge is 2.71. The summed E-state index contributed by atoms with van der Waals surface area (Å²) < 4.78 is 23.4. The van der Waals surface area contributed by atoms with Gasteiger partial charge in [-0.15, -0.1) is 0 Å². The van der Waals surface area contributed by atoms with Gasteiger partial charge in [-0.25, -0.2) is 13.2 Å². The molecule has 2 rings (SSSR count). The second kappa shape index (κ2) is 4.66. The smallest absolute Gasteiger partial charge is 0.328 e. The monoisotopic (exact) mass is 315 g/mol. The molecule has 1 N–H and O–H groups in total. The molecule has 7 nitrogen and oxygen atoms in total. The van der Waals surface area contributed by atoms with E-state index in [1.165, 1.54) is 32.9 Å². The molecule has 0 aromatic rings. The van der Waals surface area contributed by atoms with Crippen molar-refractivity contribution in [3.8, 4) is 0 Å². The zero-order chi connectivity index (χ0) is 16.2. The van der Waals surface area contributed by atoms with Crippen molar-refractivity contribution in [2.45, 2.75) is 43.4 Å². The summed E-state index contributed by atoms with van der Waals surface area (Å²) in [6.07, 6.45) is 2.96. The molecule has 1 unspecified atom stereocenters. The molecule has 0 radical (unpaired) electrons. The number of β-lactam (4-membered cyclic amide) rings is 1. The summed E-state index contributed by atoms with van der Waals surface area (Å²) in [6, 6.07) is -1.38. The Balaban J connectivity index is 2.37. The number of hydrogen-bond acceptors (Lipinski definition) is 5. The van der Waals surface area contributed by atoms with Crippen molar-refractivity contribution in [3.05, 3.63) is 12.2 Å². The van der Waals surface area contributed by atoms with Crippen LogP contribution >= 0.6 is 0 Å². The van der Waals surface area contributed by atoms with Gasteiger partial charge in [0.05, 0.1) is 10.7 Å². The maximum absolute atomic E-state index is 12.5. The minimum Gasteiger partial charge on any atom is -0.480 e. The minimum absolute atomic E-state index is 0.104. The zero-order valence-electron chi connectivity index (χ0n) is 11.9. The first kappa shape index (κ1) is 15.7. The number of ketones is 1. The maximum atomic E-state index is 12.5. The van der Waals surface area contributed by atoms with Crippen LogP contribution in [-0.2, 0) is 24.2 Å². The highest BCUT2D eigenvalue weighted by atomic mass is 32.2. The Morgan fingerprint density at radius 2 is 1.95 bits per heavy atom. The lowest BCUT2D eigenvalue weighted by atomic mass is 9.91. The fourth-order valence-electron chi connectivity index (χ4n) is 2.90. The van der Waals surface area contributed by atoms with Crippen molar-refractivity contribution in [1.29, 1.82) is 0 Å². The number of aliphatic carboxylic acids is 1. The molecular formula is C13H17NO6S. The van der Waals surface area contributed by atoms with Gasteiger partial charge in [0.1, 0.15) is 11.8 Å². The van der Waals surface area contributed by atoms with Gasteiger partial charge in [0.15, 0.2) is 15.2 Å². The summed E-state index contributed by atoms with van der Waals surface area (Å²) in [5, 5.41) is 8.09. The third kappa shape index (κ3) is 2.00. The summed E-state index contributed by atoms with van der Waals surface area (Å²) in [6.45, 7) is 4.03. The van der Waals surface area contributed by atoms with Crippen molar-refractivity contribution in [2.75, 3.05) is 0 Å². The van der Waals surface area contributed by atoms with E-state index in [1.54, 1.807) is 0 Å². The molecule has 0 aliphatic carbocycles. The van der Waals surface area contributed by atoms with Gasteiger partial charge in [-0.2, -0.15) is 0 Å². The average Bonchev–Trinajstić information content (AvgIpc) is 2.47. The Labute approximate surface area is 122 Å². The second-order valence-electron chi connectivity index (χ2n) is 5.89. The van der Waals surface area contributed by atoms with Gasteiger partial charge >= 0.3 is 5.97 Å². The number of allylic oxidation sites excluding steroid dienone is 1. The molecule has 8 heteroatoms. The van der Waals surface area contributed by atoms with Gasteiger partial charge in [-0.05, 0) is 20.8 Å². The van der Waals surface area contributed by atoms with E-state index in [0.717, 1.165) is 4.90 Å². The molecule has 0 bridgehead atoms. The van der Waals surface area contributed by atoms with Crippen molar-refractivity contribution in [1.82, 2.24) is 4.90 Å². The van der Waals surface area contributed by atoms with Crippen molar-refractivity contribution in [3.63, 3.8) is 0 Å². The molecule has 2 saturated heterocycles. The van der Waals surface area contributed by atoms with E-state index in [2.05, 4.69) is 0 Å². The number of hydrogen-bond donors (Lipinski definition) is 1. The van der Waals surface area contributed by atoms with Gasteiger partial charge in [0.25, 0.3) is 0 Å². The number of amides is 1. The zero-order valence-corrected chi connectivity index (χ0v) is 12.8. The number of carbonyl (C=O) groups is 3. The maximum Gasteiger partial charge on any atom is 0.328 e. The number of sulfone groups is 1. The van der Waals surface area contributed by atoms with Gasteiger partial charge in [0.2, 0.25) is 5.91 Å². The first-order valence-corrected chi connectivity index (χ1v) is 8.02. The Hall–Kier alpha value is -1.70. The predicted molar refractivity (Wildman–Crippen MR) is 73.0 cm³/mol. The molecule has 21 heavy (non-hydrogen) atoms. The lowest BCUT2D eigenvalue weighted by molar-refractivity contribution is -0.161. The van der Waals surface area contributed by atoms with Crippen LogP contribution in [0.4, 0.5) is 0 Å². The molecule has 2 heterocycles. The van der Waals surface area contributed by atoms with Crippen LogP contribution in [0.1, 0.15) is 27.2 Å². The second-order valence-corrected chi connectivity index (χ2v) is 8.51. The molecule has 2 fully saturated rings. The van der Waals surface area contributed by atoms with Gasteiger partial charge in [-0.1, -0.05) is 12.2 Å². The van der Waals surface area contributed by atoms with Crippen LogP contribution in [0.25, 0.3) is 0 Å². The third-order valence-corrected chi connectivity index (χ3v) is 6.94. The van der Waals surface area contributed by atoms with E-state index in [4.69, 9.17) is 0 Å². The van der Waals surface area contributed by atoms with Crippen LogP contribution in [0.2, 0.25) is 0 Å². The molecule has 116 valence electrons. The topological polar surface area (TPSA) is 109 Å². The van der Waals surface area contributed by atoms with Crippen LogP contribution in [0, 0.1) is 5.92 Å². The minimum atomic E-state index is -3.80. The fraction of sp³-hybridized carbons (Fsp3) is 0.615. The number of Topliss-reactive ketones (excluding diaryl/α,β-unsaturated/α-hetero) is 1. The van der Waals surface area contributed by atoms with Crippen molar-refractivity contribution >= 4 is 27.5 Å². The lowest BCUT2D eigenvalue weighted by Gasteiger charge is -2.41. The number of carbonyl (C=O) groups excluding carboxylic acids is 2. The number of fused-ring (bicyclic) bond motifs is 1. The third-order valence-electron chi connectivity index (χ3n) is 4.09. The van der Waals surface area contributed by atoms with E-state index in [9.17, 15) is 27.9 Å². The first-order chi connectivity index (χ1) is 9.53. The molecule has 2 aliphatic heterocycles. The molecule has 0 spiro atoms.